The molecule has 1 fully saturated rings. The molecular weight excluding hydrogens is 232 g/mol. The number of ether oxygens (including phenoxy) is 2. The van der Waals surface area contributed by atoms with E-state index in [2.05, 4.69) is 19.2 Å². The Morgan fingerprint density at radius 2 is 2.28 bits per heavy atom. The van der Waals surface area contributed by atoms with Gasteiger partial charge in [-0.25, -0.2) is 0 Å². The molecule has 0 aromatic rings. The minimum absolute atomic E-state index is 0.00158. The fraction of sp³-hybridized carbons (Fsp3) is 0.923. The summed E-state index contributed by atoms with van der Waals surface area (Å²) in [5.74, 6) is 0.916. The zero-order chi connectivity index (χ0) is 13.5. The average molecular weight is 258 g/mol. The Morgan fingerprint density at radius 1 is 1.56 bits per heavy atom. The van der Waals surface area contributed by atoms with Crippen LogP contribution in [-0.2, 0) is 14.3 Å². The highest BCUT2D eigenvalue weighted by atomic mass is 16.5. The standard InChI is InChI=1S/C13H26N2O3/c1-9(2)13-10(4-5-18-13)8-15-12(16)6-11(7-14)17-3/h9-11,13H,4-8,14H2,1-3H3,(H,15,16). The van der Waals surface area contributed by atoms with Crippen LogP contribution < -0.4 is 11.1 Å². The molecule has 18 heavy (non-hydrogen) atoms. The van der Waals surface area contributed by atoms with Gasteiger partial charge in [0.1, 0.15) is 0 Å². The molecule has 106 valence electrons. The summed E-state index contributed by atoms with van der Waals surface area (Å²) < 4.78 is 10.8. The van der Waals surface area contributed by atoms with E-state index in [4.69, 9.17) is 15.2 Å². The molecule has 3 N–H and O–H groups in total. The van der Waals surface area contributed by atoms with Crippen molar-refractivity contribution in [2.24, 2.45) is 17.6 Å². The van der Waals surface area contributed by atoms with Crippen LogP contribution in [0.2, 0.25) is 0 Å². The van der Waals surface area contributed by atoms with E-state index >= 15 is 0 Å². The number of amides is 1. The first-order valence-electron chi connectivity index (χ1n) is 6.69. The molecule has 1 heterocycles. The Bertz CT molecular complexity index is 255. The molecule has 0 aromatic heterocycles. The van der Waals surface area contributed by atoms with Crippen LogP contribution in [0.1, 0.15) is 26.7 Å². The third-order valence-electron chi connectivity index (χ3n) is 3.49. The van der Waals surface area contributed by atoms with Gasteiger partial charge in [-0.15, -0.1) is 0 Å². The predicted molar refractivity (Wildman–Crippen MR) is 70.2 cm³/mol. The Labute approximate surface area is 109 Å². The lowest BCUT2D eigenvalue weighted by Gasteiger charge is -2.22. The number of nitrogens with one attached hydrogen (secondary N) is 1. The van der Waals surface area contributed by atoms with Gasteiger partial charge in [-0.05, 0) is 12.3 Å². The largest absolute Gasteiger partial charge is 0.380 e. The van der Waals surface area contributed by atoms with Gasteiger partial charge in [-0.3, -0.25) is 4.79 Å². The molecule has 0 aliphatic carbocycles. The van der Waals surface area contributed by atoms with Crippen molar-refractivity contribution in [2.75, 3.05) is 26.8 Å². The summed E-state index contributed by atoms with van der Waals surface area (Å²) in [5.41, 5.74) is 5.49. The molecular formula is C13H26N2O3. The van der Waals surface area contributed by atoms with Crippen LogP contribution in [0.15, 0.2) is 0 Å². The zero-order valence-electron chi connectivity index (χ0n) is 11.6. The fourth-order valence-electron chi connectivity index (χ4n) is 2.40. The minimum Gasteiger partial charge on any atom is -0.380 e. The molecule has 0 saturated carbocycles. The van der Waals surface area contributed by atoms with Crippen molar-refractivity contribution in [2.45, 2.75) is 38.9 Å². The average Bonchev–Trinajstić information content (AvgIpc) is 2.81. The fourth-order valence-corrected chi connectivity index (χ4v) is 2.40. The van der Waals surface area contributed by atoms with Crippen LogP contribution in [0, 0.1) is 11.8 Å². The van der Waals surface area contributed by atoms with E-state index in [1.807, 2.05) is 0 Å². The number of hydrogen-bond acceptors (Lipinski definition) is 4. The van der Waals surface area contributed by atoms with Gasteiger partial charge in [-0.2, -0.15) is 0 Å². The molecule has 1 aliphatic rings. The molecule has 0 bridgehead atoms. The number of hydrogen-bond donors (Lipinski definition) is 2. The predicted octanol–water partition coefficient (Wildman–Crippen LogP) is 0.528. The second-order valence-corrected chi connectivity index (χ2v) is 5.23. The summed E-state index contributed by atoms with van der Waals surface area (Å²) in [7, 11) is 1.57. The summed E-state index contributed by atoms with van der Waals surface area (Å²) in [6.45, 7) is 6.15. The van der Waals surface area contributed by atoms with Crippen molar-refractivity contribution >= 4 is 5.91 Å². The van der Waals surface area contributed by atoms with E-state index in [0.29, 0.717) is 31.3 Å². The van der Waals surface area contributed by atoms with Crippen LogP contribution >= 0.6 is 0 Å². The van der Waals surface area contributed by atoms with E-state index < -0.39 is 0 Å². The lowest BCUT2D eigenvalue weighted by atomic mass is 9.93. The Balaban J connectivity index is 2.29. The number of carbonyl (C=O) groups excluding carboxylic acids is 1. The van der Waals surface area contributed by atoms with Gasteiger partial charge >= 0.3 is 0 Å². The summed E-state index contributed by atoms with van der Waals surface area (Å²) in [6, 6.07) is 0. The SMILES string of the molecule is COC(CN)CC(=O)NCC1CCOC1C(C)C. The molecule has 1 amide bonds. The quantitative estimate of drug-likeness (QED) is 0.698. The van der Waals surface area contributed by atoms with Crippen LogP contribution in [0.3, 0.4) is 0 Å². The molecule has 3 atom stereocenters. The van der Waals surface area contributed by atoms with Crippen LogP contribution in [0.4, 0.5) is 0 Å². The van der Waals surface area contributed by atoms with Gasteiger partial charge in [0, 0.05) is 32.7 Å². The highest BCUT2D eigenvalue weighted by Crippen LogP contribution is 2.26. The Hall–Kier alpha value is -0.650. The van der Waals surface area contributed by atoms with E-state index in [0.717, 1.165) is 13.0 Å². The van der Waals surface area contributed by atoms with Crippen LogP contribution in [0.5, 0.6) is 0 Å². The number of nitrogens with two attached hydrogens (primary N) is 1. The van der Waals surface area contributed by atoms with Crippen molar-refractivity contribution in [3.05, 3.63) is 0 Å². The van der Waals surface area contributed by atoms with Gasteiger partial charge in [0.15, 0.2) is 0 Å². The lowest BCUT2D eigenvalue weighted by molar-refractivity contribution is -0.123. The van der Waals surface area contributed by atoms with Gasteiger partial charge in [-0.1, -0.05) is 13.8 Å². The van der Waals surface area contributed by atoms with Crippen molar-refractivity contribution < 1.29 is 14.3 Å². The second kappa shape index (κ2) is 7.71. The summed E-state index contributed by atoms with van der Waals surface area (Å²) in [4.78, 5) is 11.7. The molecule has 1 saturated heterocycles. The lowest BCUT2D eigenvalue weighted by Crippen LogP contribution is -2.37. The van der Waals surface area contributed by atoms with Gasteiger partial charge < -0.3 is 20.5 Å². The van der Waals surface area contributed by atoms with Gasteiger partial charge in [0.25, 0.3) is 0 Å². The van der Waals surface area contributed by atoms with Crippen LogP contribution in [0.25, 0.3) is 0 Å². The maximum Gasteiger partial charge on any atom is 0.222 e. The van der Waals surface area contributed by atoms with Crippen molar-refractivity contribution in [1.29, 1.82) is 0 Å². The Kier molecular flexibility index (Phi) is 6.60. The van der Waals surface area contributed by atoms with Crippen molar-refractivity contribution in [3.8, 4) is 0 Å². The molecule has 0 radical (unpaired) electrons. The molecule has 1 aliphatic heterocycles. The summed E-state index contributed by atoms with van der Waals surface area (Å²) in [6.07, 6.45) is 1.42. The van der Waals surface area contributed by atoms with E-state index in [-0.39, 0.29) is 18.1 Å². The van der Waals surface area contributed by atoms with Crippen LogP contribution in [-0.4, -0.2) is 44.9 Å². The molecule has 0 aromatic carbocycles. The highest BCUT2D eigenvalue weighted by Gasteiger charge is 2.30. The zero-order valence-corrected chi connectivity index (χ0v) is 11.6. The Morgan fingerprint density at radius 3 is 2.83 bits per heavy atom. The molecule has 0 spiro atoms. The van der Waals surface area contributed by atoms with Gasteiger partial charge in [0.2, 0.25) is 5.91 Å². The van der Waals surface area contributed by atoms with E-state index in [9.17, 15) is 4.79 Å². The summed E-state index contributed by atoms with van der Waals surface area (Å²) in [5, 5.41) is 2.95. The van der Waals surface area contributed by atoms with Crippen molar-refractivity contribution in [1.82, 2.24) is 5.32 Å². The smallest absolute Gasteiger partial charge is 0.222 e. The van der Waals surface area contributed by atoms with E-state index in [1.54, 1.807) is 7.11 Å². The van der Waals surface area contributed by atoms with Crippen molar-refractivity contribution in [3.63, 3.8) is 0 Å². The van der Waals surface area contributed by atoms with Gasteiger partial charge in [0.05, 0.1) is 18.6 Å². The first-order chi connectivity index (χ1) is 8.58. The third-order valence-corrected chi connectivity index (χ3v) is 3.49. The normalized spacial score (nSPS) is 25.4. The highest BCUT2D eigenvalue weighted by molar-refractivity contribution is 5.76. The number of rotatable bonds is 7. The molecule has 3 unspecified atom stereocenters. The number of methoxy groups -OCH3 is 1. The molecule has 5 heteroatoms. The first-order valence-corrected chi connectivity index (χ1v) is 6.69. The van der Waals surface area contributed by atoms with E-state index in [1.165, 1.54) is 0 Å². The maximum atomic E-state index is 11.7. The monoisotopic (exact) mass is 258 g/mol. The maximum absolute atomic E-state index is 11.7. The first kappa shape index (κ1) is 15.4. The topological polar surface area (TPSA) is 73.6 Å². The molecule has 1 rings (SSSR count). The number of carbonyl (C=O) groups is 1. The second-order valence-electron chi connectivity index (χ2n) is 5.23. The summed E-state index contributed by atoms with van der Waals surface area (Å²) >= 11 is 0. The minimum atomic E-state index is -0.189. The molecule has 5 nitrogen and oxygen atoms in total. The third kappa shape index (κ3) is 4.55.